The summed E-state index contributed by atoms with van der Waals surface area (Å²) in [6, 6.07) is 6.62. The Balaban J connectivity index is 1.71. The number of nitrogens with zero attached hydrogens (tertiary/aromatic N) is 3. The maximum atomic E-state index is 14.3. The van der Waals surface area contributed by atoms with E-state index in [0.717, 1.165) is 32.4 Å². The largest absolute Gasteiger partial charge is 0.350 e. The number of nitrogens with one attached hydrogen (secondary N) is 1. The van der Waals surface area contributed by atoms with Gasteiger partial charge in [-0.25, -0.2) is 14.4 Å². The lowest BCUT2D eigenvalue weighted by Crippen LogP contribution is -2.37. The zero-order valence-corrected chi connectivity index (χ0v) is 14.4. The Kier molecular flexibility index (Phi) is 5.71. The number of amides is 1. The summed E-state index contributed by atoms with van der Waals surface area (Å²) in [5, 5.41) is 2.91. The van der Waals surface area contributed by atoms with E-state index >= 15 is 0 Å². The van der Waals surface area contributed by atoms with E-state index in [4.69, 9.17) is 0 Å². The predicted molar refractivity (Wildman–Crippen MR) is 93.7 cm³/mol. The molecule has 1 aliphatic heterocycles. The lowest BCUT2D eigenvalue weighted by atomic mass is 10.0. The van der Waals surface area contributed by atoms with E-state index in [1.807, 2.05) is 13.0 Å². The van der Waals surface area contributed by atoms with Crippen LogP contribution in [0.3, 0.4) is 0 Å². The summed E-state index contributed by atoms with van der Waals surface area (Å²) in [5.41, 5.74) is 1.05. The van der Waals surface area contributed by atoms with Crippen molar-refractivity contribution >= 4 is 5.91 Å². The molecule has 132 valence electrons. The van der Waals surface area contributed by atoms with E-state index in [2.05, 4.69) is 20.2 Å². The topological polar surface area (TPSA) is 58.1 Å². The Hall–Kier alpha value is -2.34. The van der Waals surface area contributed by atoms with Gasteiger partial charge in [-0.15, -0.1) is 0 Å². The van der Waals surface area contributed by atoms with Gasteiger partial charge in [-0.05, 0) is 32.0 Å². The number of carbonyl (C=O) groups is 1. The molecule has 6 heteroatoms. The number of hydrogen-bond donors (Lipinski definition) is 1. The van der Waals surface area contributed by atoms with Crippen molar-refractivity contribution in [2.75, 3.05) is 19.6 Å². The van der Waals surface area contributed by atoms with Gasteiger partial charge in [0.05, 0.1) is 11.6 Å². The average Bonchev–Trinajstić information content (AvgIpc) is 3.17. The number of rotatable bonds is 6. The minimum Gasteiger partial charge on any atom is -0.350 e. The van der Waals surface area contributed by atoms with Crippen molar-refractivity contribution in [2.24, 2.45) is 0 Å². The Morgan fingerprint density at radius 1 is 1.24 bits per heavy atom. The Bertz CT molecular complexity index is 714. The molecule has 0 bridgehead atoms. The molecule has 0 aliphatic carbocycles. The second-order valence-corrected chi connectivity index (χ2v) is 6.23. The van der Waals surface area contributed by atoms with E-state index in [1.54, 1.807) is 12.1 Å². The highest BCUT2D eigenvalue weighted by Gasteiger charge is 2.26. The van der Waals surface area contributed by atoms with Gasteiger partial charge in [-0.3, -0.25) is 9.69 Å². The molecule has 2 heterocycles. The zero-order valence-electron chi connectivity index (χ0n) is 14.4. The van der Waals surface area contributed by atoms with Gasteiger partial charge in [-0.2, -0.15) is 0 Å². The molecule has 1 aromatic heterocycles. The maximum Gasteiger partial charge on any atom is 0.254 e. The van der Waals surface area contributed by atoms with E-state index in [0.29, 0.717) is 23.5 Å². The van der Waals surface area contributed by atoms with Crippen molar-refractivity contribution in [3.05, 3.63) is 59.4 Å². The van der Waals surface area contributed by atoms with Crippen LogP contribution in [0.5, 0.6) is 0 Å². The molecular formula is C19H23FN4O. The van der Waals surface area contributed by atoms with Crippen molar-refractivity contribution in [1.29, 1.82) is 0 Å². The molecule has 3 rings (SSSR count). The number of halogens is 1. The monoisotopic (exact) mass is 342 g/mol. The van der Waals surface area contributed by atoms with Crippen LogP contribution < -0.4 is 5.32 Å². The Morgan fingerprint density at radius 3 is 2.56 bits per heavy atom. The third kappa shape index (κ3) is 4.20. The molecule has 1 N–H and O–H groups in total. The van der Waals surface area contributed by atoms with Crippen LogP contribution in [0, 0.1) is 5.82 Å². The van der Waals surface area contributed by atoms with Crippen LogP contribution in [0.1, 0.15) is 47.6 Å². The first-order valence-corrected chi connectivity index (χ1v) is 8.76. The smallest absolute Gasteiger partial charge is 0.254 e. The maximum absolute atomic E-state index is 14.3. The molecular weight excluding hydrogens is 319 g/mol. The molecule has 1 aromatic carbocycles. The fourth-order valence-electron chi connectivity index (χ4n) is 3.18. The highest BCUT2D eigenvalue weighted by molar-refractivity contribution is 5.93. The second-order valence-electron chi connectivity index (χ2n) is 6.23. The number of carbonyl (C=O) groups excluding carboxylic acids is 1. The quantitative estimate of drug-likeness (QED) is 0.877. The molecule has 0 spiro atoms. The van der Waals surface area contributed by atoms with Gasteiger partial charge in [-0.1, -0.05) is 25.1 Å². The van der Waals surface area contributed by atoms with Crippen LogP contribution in [0.2, 0.25) is 0 Å². The Labute approximate surface area is 147 Å². The normalized spacial score (nSPS) is 15.9. The number of hydrogen-bond acceptors (Lipinski definition) is 4. The average molecular weight is 342 g/mol. The van der Waals surface area contributed by atoms with Crippen LogP contribution >= 0.6 is 0 Å². The number of aryl methyl sites for hydroxylation is 1. The van der Waals surface area contributed by atoms with Crippen LogP contribution in [0.4, 0.5) is 4.39 Å². The summed E-state index contributed by atoms with van der Waals surface area (Å²) in [6.07, 6.45) is 6.01. The van der Waals surface area contributed by atoms with Crippen molar-refractivity contribution in [3.63, 3.8) is 0 Å². The van der Waals surface area contributed by atoms with Gasteiger partial charge < -0.3 is 5.32 Å². The molecule has 1 aliphatic rings. The summed E-state index contributed by atoms with van der Waals surface area (Å²) in [4.78, 5) is 22.9. The third-order valence-electron chi connectivity index (χ3n) is 4.59. The summed E-state index contributed by atoms with van der Waals surface area (Å²) >= 11 is 0. The first kappa shape index (κ1) is 17.5. The molecule has 1 atom stereocenters. The van der Waals surface area contributed by atoms with Gasteiger partial charge >= 0.3 is 0 Å². The molecule has 1 fully saturated rings. The van der Waals surface area contributed by atoms with Gasteiger partial charge in [0.15, 0.2) is 0 Å². The lowest BCUT2D eigenvalue weighted by Gasteiger charge is -2.28. The summed E-state index contributed by atoms with van der Waals surface area (Å²) < 4.78 is 14.3. The fourth-order valence-corrected chi connectivity index (χ4v) is 3.18. The third-order valence-corrected chi connectivity index (χ3v) is 4.59. The first-order valence-electron chi connectivity index (χ1n) is 8.76. The van der Waals surface area contributed by atoms with E-state index in [9.17, 15) is 9.18 Å². The summed E-state index contributed by atoms with van der Waals surface area (Å²) in [7, 11) is 0. The molecule has 5 nitrogen and oxygen atoms in total. The standard InChI is InChI=1S/C19H23FN4O/c1-2-18-21-11-14(12-22-18)19(25)23-13-17(24-9-5-6-10-24)15-7-3-4-8-16(15)20/h3-4,7-8,11-12,17H,2,5-6,9-10,13H2,1H3,(H,23,25). The number of benzene rings is 1. The predicted octanol–water partition coefficient (Wildman–Crippen LogP) is 2.75. The van der Waals surface area contributed by atoms with E-state index in [1.165, 1.54) is 18.5 Å². The highest BCUT2D eigenvalue weighted by Crippen LogP contribution is 2.26. The van der Waals surface area contributed by atoms with Crippen molar-refractivity contribution < 1.29 is 9.18 Å². The van der Waals surface area contributed by atoms with Gasteiger partial charge in [0.1, 0.15) is 11.6 Å². The summed E-state index contributed by atoms with van der Waals surface area (Å²) in [5.74, 6) is 0.241. The molecule has 25 heavy (non-hydrogen) atoms. The molecule has 0 radical (unpaired) electrons. The van der Waals surface area contributed by atoms with Crippen LogP contribution in [-0.4, -0.2) is 40.4 Å². The molecule has 0 saturated carbocycles. The van der Waals surface area contributed by atoms with Crippen LogP contribution in [-0.2, 0) is 6.42 Å². The lowest BCUT2D eigenvalue weighted by molar-refractivity contribution is 0.0936. The minimum absolute atomic E-state index is 0.163. The van der Waals surface area contributed by atoms with E-state index in [-0.39, 0.29) is 17.8 Å². The fraction of sp³-hybridized carbons (Fsp3) is 0.421. The zero-order chi connectivity index (χ0) is 17.6. The van der Waals surface area contributed by atoms with Gasteiger partial charge in [0, 0.05) is 30.9 Å². The van der Waals surface area contributed by atoms with Crippen molar-refractivity contribution in [3.8, 4) is 0 Å². The second kappa shape index (κ2) is 8.16. The molecule has 1 amide bonds. The van der Waals surface area contributed by atoms with Gasteiger partial charge in [0.25, 0.3) is 5.91 Å². The van der Waals surface area contributed by atoms with E-state index < -0.39 is 0 Å². The van der Waals surface area contributed by atoms with Crippen molar-refractivity contribution in [2.45, 2.75) is 32.2 Å². The van der Waals surface area contributed by atoms with Crippen LogP contribution in [0.15, 0.2) is 36.7 Å². The highest BCUT2D eigenvalue weighted by atomic mass is 19.1. The summed E-state index contributed by atoms with van der Waals surface area (Å²) in [6.45, 7) is 4.16. The number of likely N-dealkylation sites (tertiary alicyclic amines) is 1. The van der Waals surface area contributed by atoms with Crippen LogP contribution in [0.25, 0.3) is 0 Å². The molecule has 2 aromatic rings. The SMILES string of the molecule is CCc1ncc(C(=O)NCC(c2ccccc2F)N2CCCC2)cn1. The molecule has 1 unspecified atom stereocenters. The molecule has 1 saturated heterocycles. The first-order chi connectivity index (χ1) is 12.2. The van der Waals surface area contributed by atoms with Crippen molar-refractivity contribution in [1.82, 2.24) is 20.2 Å². The number of aromatic nitrogens is 2. The Morgan fingerprint density at radius 2 is 1.92 bits per heavy atom. The van der Waals surface area contributed by atoms with Gasteiger partial charge in [0.2, 0.25) is 0 Å². The minimum atomic E-state index is -0.233.